The number of carbonyl (C=O) groups is 1. The van der Waals surface area contributed by atoms with Crippen molar-refractivity contribution in [2.75, 3.05) is 52.2 Å². The number of hydrogen-bond donors (Lipinski definition) is 1. The summed E-state index contributed by atoms with van der Waals surface area (Å²) < 4.78 is 7.55. The van der Waals surface area contributed by atoms with Crippen LogP contribution in [0.5, 0.6) is 5.75 Å². The first-order chi connectivity index (χ1) is 13.6. The van der Waals surface area contributed by atoms with E-state index in [1.54, 1.807) is 10.7 Å². The third-order valence-corrected chi connectivity index (χ3v) is 4.73. The minimum Gasteiger partial charge on any atom is -0.484 e. The number of ether oxygens (including phenoxy) is 1. The Balaban J connectivity index is 1.68. The summed E-state index contributed by atoms with van der Waals surface area (Å²) in [6, 6.07) is 9.57. The van der Waals surface area contributed by atoms with Crippen molar-refractivity contribution in [2.45, 2.75) is 0 Å². The molecule has 0 fully saturated rings. The molecule has 0 atom stereocenters. The van der Waals surface area contributed by atoms with Gasteiger partial charge in [0, 0.05) is 37.9 Å². The van der Waals surface area contributed by atoms with Gasteiger partial charge >= 0.3 is 0 Å². The molecule has 3 heterocycles. The Labute approximate surface area is 163 Å². The predicted octanol–water partition coefficient (Wildman–Crippen LogP) is 1.59. The maximum Gasteiger partial charge on any atom is 0.260 e. The third-order valence-electron chi connectivity index (χ3n) is 4.73. The molecule has 8 heteroatoms. The number of fused-ring (bicyclic) bond motifs is 4. The zero-order valence-electron chi connectivity index (χ0n) is 16.1. The lowest BCUT2D eigenvalue weighted by atomic mass is 10.1. The van der Waals surface area contributed by atoms with Crippen molar-refractivity contribution < 1.29 is 9.53 Å². The van der Waals surface area contributed by atoms with Crippen LogP contribution in [0.1, 0.15) is 0 Å². The minimum absolute atomic E-state index is 0.0177. The average molecular weight is 380 g/mol. The van der Waals surface area contributed by atoms with E-state index in [2.05, 4.69) is 15.3 Å². The zero-order valence-corrected chi connectivity index (χ0v) is 16.1. The number of likely N-dealkylation sites (N-methyl/N-ethyl adjacent to an activating group) is 1. The van der Waals surface area contributed by atoms with Crippen LogP contribution in [0.15, 0.2) is 42.7 Å². The molecule has 4 bridgehead atoms. The molecule has 0 unspecified atom stereocenters. The number of nitrogens with one attached hydrogen (secondary N) is 1. The van der Waals surface area contributed by atoms with Gasteiger partial charge in [0.25, 0.3) is 5.91 Å². The minimum atomic E-state index is -0.0271. The Morgan fingerprint density at radius 3 is 3.04 bits per heavy atom. The van der Waals surface area contributed by atoms with E-state index in [1.807, 2.05) is 55.5 Å². The van der Waals surface area contributed by atoms with E-state index in [-0.39, 0.29) is 12.5 Å². The van der Waals surface area contributed by atoms with Gasteiger partial charge in [-0.05, 0) is 37.9 Å². The maximum atomic E-state index is 12.7. The lowest BCUT2D eigenvalue weighted by Gasteiger charge is -2.25. The van der Waals surface area contributed by atoms with Gasteiger partial charge in [0.1, 0.15) is 11.6 Å². The Morgan fingerprint density at radius 2 is 2.18 bits per heavy atom. The van der Waals surface area contributed by atoms with Crippen LogP contribution in [0.3, 0.4) is 0 Å². The molecule has 1 aliphatic rings. The lowest BCUT2D eigenvalue weighted by Crippen LogP contribution is -2.41. The van der Waals surface area contributed by atoms with Crippen molar-refractivity contribution >= 4 is 17.4 Å². The summed E-state index contributed by atoms with van der Waals surface area (Å²) in [5.41, 5.74) is 2.65. The number of carbonyl (C=O) groups excluding carboxylic acids is 1. The number of aromatic nitrogens is 3. The fourth-order valence-electron chi connectivity index (χ4n) is 3.16. The van der Waals surface area contributed by atoms with E-state index in [0.717, 1.165) is 29.1 Å². The Bertz CT molecular complexity index is 984. The Kier molecular flexibility index (Phi) is 5.12. The highest BCUT2D eigenvalue weighted by Gasteiger charge is 2.16. The molecule has 1 amide bonds. The molecule has 8 nitrogen and oxygen atoms in total. The van der Waals surface area contributed by atoms with Gasteiger partial charge in [-0.15, -0.1) is 0 Å². The lowest BCUT2D eigenvalue weighted by molar-refractivity contribution is -0.133. The number of amides is 1. The largest absolute Gasteiger partial charge is 0.484 e. The van der Waals surface area contributed by atoms with Crippen LogP contribution in [0.4, 0.5) is 5.82 Å². The first-order valence-corrected chi connectivity index (χ1v) is 9.34. The molecule has 1 aromatic carbocycles. The van der Waals surface area contributed by atoms with E-state index < -0.39 is 0 Å². The highest BCUT2D eigenvalue weighted by atomic mass is 16.5. The molecule has 0 saturated carbocycles. The van der Waals surface area contributed by atoms with Gasteiger partial charge in [-0.25, -0.2) is 9.50 Å². The van der Waals surface area contributed by atoms with Crippen LogP contribution >= 0.6 is 0 Å². The number of rotatable bonds is 3. The number of benzene rings is 1. The molecular weight excluding hydrogens is 356 g/mol. The molecule has 1 N–H and O–H groups in total. The van der Waals surface area contributed by atoms with E-state index in [0.29, 0.717) is 25.4 Å². The molecule has 0 spiro atoms. The van der Waals surface area contributed by atoms with Crippen molar-refractivity contribution in [3.8, 4) is 16.9 Å². The second kappa shape index (κ2) is 7.85. The van der Waals surface area contributed by atoms with E-state index in [4.69, 9.17) is 9.72 Å². The van der Waals surface area contributed by atoms with Crippen LogP contribution in [-0.2, 0) is 4.79 Å². The summed E-state index contributed by atoms with van der Waals surface area (Å²) in [4.78, 5) is 21.3. The summed E-state index contributed by atoms with van der Waals surface area (Å²) in [5.74, 6) is 1.39. The molecule has 1 aliphatic heterocycles. The highest BCUT2D eigenvalue weighted by molar-refractivity contribution is 5.79. The predicted molar refractivity (Wildman–Crippen MR) is 108 cm³/mol. The first-order valence-electron chi connectivity index (χ1n) is 9.34. The monoisotopic (exact) mass is 380 g/mol. The van der Waals surface area contributed by atoms with Crippen LogP contribution < -0.4 is 10.1 Å². The van der Waals surface area contributed by atoms with Crippen molar-refractivity contribution in [3.05, 3.63) is 42.7 Å². The smallest absolute Gasteiger partial charge is 0.260 e. The van der Waals surface area contributed by atoms with Gasteiger partial charge < -0.3 is 19.9 Å². The van der Waals surface area contributed by atoms with Gasteiger partial charge in [0.05, 0.1) is 6.20 Å². The fourth-order valence-corrected chi connectivity index (χ4v) is 3.16. The molecule has 3 aromatic rings. The average Bonchev–Trinajstić information content (AvgIpc) is 3.11. The van der Waals surface area contributed by atoms with Crippen LogP contribution in [-0.4, -0.2) is 77.2 Å². The summed E-state index contributed by atoms with van der Waals surface area (Å²) >= 11 is 0. The molecule has 2 aromatic heterocycles. The number of hydrogen-bond acceptors (Lipinski definition) is 6. The SMILES string of the molecule is CN(C)CCN1CCNc2ccn3ncc(c3n2)-c2cccc(c2)OCC1=O. The standard InChI is InChI=1S/C20H24N6O2/c1-24(2)10-11-25-9-7-21-18-6-8-26-20(23-18)17(13-22-26)15-4-3-5-16(12-15)28-14-19(25)27/h3-6,8,12-13H,7,9-11,14H2,1-2H3,(H,21,23). The van der Waals surface area contributed by atoms with Gasteiger partial charge in [0.2, 0.25) is 0 Å². The van der Waals surface area contributed by atoms with E-state index in [9.17, 15) is 4.79 Å². The molecule has 4 rings (SSSR count). The van der Waals surface area contributed by atoms with Crippen molar-refractivity contribution in [2.24, 2.45) is 0 Å². The fraction of sp³-hybridized carbons (Fsp3) is 0.350. The van der Waals surface area contributed by atoms with Crippen LogP contribution in [0.25, 0.3) is 16.8 Å². The van der Waals surface area contributed by atoms with Gasteiger partial charge in [-0.2, -0.15) is 5.10 Å². The first kappa shape index (κ1) is 18.2. The van der Waals surface area contributed by atoms with E-state index in [1.165, 1.54) is 0 Å². The van der Waals surface area contributed by atoms with Gasteiger partial charge in [-0.1, -0.05) is 12.1 Å². The van der Waals surface area contributed by atoms with E-state index >= 15 is 0 Å². The Morgan fingerprint density at radius 1 is 1.29 bits per heavy atom. The van der Waals surface area contributed by atoms with Gasteiger partial charge in [-0.3, -0.25) is 4.79 Å². The summed E-state index contributed by atoms with van der Waals surface area (Å²) in [5, 5.41) is 7.71. The van der Waals surface area contributed by atoms with Crippen molar-refractivity contribution in [1.29, 1.82) is 0 Å². The number of anilines is 1. The second-order valence-electron chi connectivity index (χ2n) is 7.07. The zero-order chi connectivity index (χ0) is 19.5. The van der Waals surface area contributed by atoms with Crippen molar-refractivity contribution in [3.63, 3.8) is 0 Å². The second-order valence-corrected chi connectivity index (χ2v) is 7.07. The number of nitrogens with zero attached hydrogens (tertiary/aromatic N) is 5. The Hall–Kier alpha value is -3.13. The van der Waals surface area contributed by atoms with Crippen LogP contribution in [0, 0.1) is 0 Å². The molecule has 28 heavy (non-hydrogen) atoms. The maximum absolute atomic E-state index is 12.7. The normalized spacial score (nSPS) is 14.8. The third kappa shape index (κ3) is 3.91. The molecule has 0 radical (unpaired) electrons. The topological polar surface area (TPSA) is 75.0 Å². The molecule has 0 saturated heterocycles. The van der Waals surface area contributed by atoms with Crippen molar-refractivity contribution in [1.82, 2.24) is 24.4 Å². The van der Waals surface area contributed by atoms with Crippen LogP contribution in [0.2, 0.25) is 0 Å². The summed E-state index contributed by atoms with van der Waals surface area (Å²) in [6.45, 7) is 2.65. The van der Waals surface area contributed by atoms with Gasteiger partial charge in [0.15, 0.2) is 12.3 Å². The molecular formula is C20H24N6O2. The molecule has 0 aliphatic carbocycles. The quantitative estimate of drug-likeness (QED) is 0.744. The summed E-state index contributed by atoms with van der Waals surface area (Å²) in [6.07, 6.45) is 3.68. The summed E-state index contributed by atoms with van der Waals surface area (Å²) in [7, 11) is 3.99. The molecule has 146 valence electrons. The highest BCUT2D eigenvalue weighted by Crippen LogP contribution is 2.27.